The Bertz CT molecular complexity index is 420. The predicted molar refractivity (Wildman–Crippen MR) is 87.3 cm³/mol. The Morgan fingerprint density at radius 3 is 2.76 bits per heavy atom. The fraction of sp³-hybridized carbons (Fsp3) is 0.533. The van der Waals surface area contributed by atoms with Crippen LogP contribution >= 0.6 is 24.0 Å². The van der Waals surface area contributed by atoms with Crippen LogP contribution in [0.25, 0.3) is 0 Å². The summed E-state index contributed by atoms with van der Waals surface area (Å²) >= 11 is 5.82. The molecule has 118 valence electrons. The Hall–Kier alpha value is -0.810. The van der Waals surface area contributed by atoms with Gasteiger partial charge in [-0.15, -0.1) is 12.4 Å². The highest BCUT2D eigenvalue weighted by atomic mass is 35.5. The van der Waals surface area contributed by atoms with Crippen LogP contribution in [-0.2, 0) is 16.0 Å². The molecule has 1 atom stereocenters. The number of benzene rings is 1. The molecule has 1 unspecified atom stereocenters. The van der Waals surface area contributed by atoms with Crippen molar-refractivity contribution in [2.45, 2.75) is 25.4 Å². The van der Waals surface area contributed by atoms with Crippen LogP contribution in [0.3, 0.4) is 0 Å². The first-order valence-electron chi connectivity index (χ1n) is 7.07. The average Bonchev–Trinajstić information content (AvgIpc) is 2.94. The lowest BCUT2D eigenvalue weighted by molar-refractivity contribution is -0.120. The molecule has 0 radical (unpaired) electrons. The van der Waals surface area contributed by atoms with Gasteiger partial charge in [0.25, 0.3) is 0 Å². The average molecular weight is 333 g/mol. The fourth-order valence-electron chi connectivity index (χ4n) is 2.21. The van der Waals surface area contributed by atoms with Gasteiger partial charge in [-0.3, -0.25) is 4.79 Å². The van der Waals surface area contributed by atoms with Crippen LogP contribution < -0.4 is 10.6 Å². The molecule has 4 nitrogen and oxygen atoms in total. The summed E-state index contributed by atoms with van der Waals surface area (Å²) in [5.41, 5.74) is 1.17. The number of hydrogen-bond donors (Lipinski definition) is 2. The van der Waals surface area contributed by atoms with Crippen molar-refractivity contribution in [3.63, 3.8) is 0 Å². The van der Waals surface area contributed by atoms with Gasteiger partial charge in [0, 0.05) is 24.7 Å². The van der Waals surface area contributed by atoms with E-state index in [4.69, 9.17) is 16.3 Å². The SMILES string of the molecule is Cl.O=C(CNCC1CCCO1)NCCc1ccc(Cl)cc1. The molecule has 1 fully saturated rings. The summed E-state index contributed by atoms with van der Waals surface area (Å²) in [7, 11) is 0. The second-order valence-electron chi connectivity index (χ2n) is 4.99. The van der Waals surface area contributed by atoms with Crippen LogP contribution in [0.15, 0.2) is 24.3 Å². The summed E-state index contributed by atoms with van der Waals surface area (Å²) in [6.07, 6.45) is 3.30. The summed E-state index contributed by atoms with van der Waals surface area (Å²) in [5.74, 6) is 0.0250. The van der Waals surface area contributed by atoms with E-state index < -0.39 is 0 Å². The molecule has 0 saturated carbocycles. The zero-order chi connectivity index (χ0) is 14.2. The van der Waals surface area contributed by atoms with Crippen molar-refractivity contribution in [2.24, 2.45) is 0 Å². The Labute approximate surface area is 137 Å². The topological polar surface area (TPSA) is 50.4 Å². The van der Waals surface area contributed by atoms with E-state index in [9.17, 15) is 4.79 Å². The molecule has 1 aromatic carbocycles. The third-order valence-electron chi connectivity index (χ3n) is 3.33. The molecular weight excluding hydrogens is 311 g/mol. The van der Waals surface area contributed by atoms with Gasteiger partial charge in [0.2, 0.25) is 5.91 Å². The molecule has 1 heterocycles. The Balaban J connectivity index is 0.00000220. The Morgan fingerprint density at radius 1 is 1.33 bits per heavy atom. The van der Waals surface area contributed by atoms with Crippen molar-refractivity contribution in [1.29, 1.82) is 0 Å². The molecule has 1 amide bonds. The first-order chi connectivity index (χ1) is 9.74. The van der Waals surface area contributed by atoms with Gasteiger partial charge in [-0.2, -0.15) is 0 Å². The maximum absolute atomic E-state index is 11.6. The molecule has 1 aliphatic rings. The van der Waals surface area contributed by atoms with E-state index in [1.54, 1.807) is 0 Å². The minimum absolute atomic E-state index is 0. The fourth-order valence-corrected chi connectivity index (χ4v) is 2.34. The number of rotatable bonds is 7. The quantitative estimate of drug-likeness (QED) is 0.804. The highest BCUT2D eigenvalue weighted by Crippen LogP contribution is 2.10. The van der Waals surface area contributed by atoms with Gasteiger partial charge in [-0.05, 0) is 37.0 Å². The van der Waals surface area contributed by atoms with Crippen molar-refractivity contribution in [3.05, 3.63) is 34.9 Å². The van der Waals surface area contributed by atoms with Gasteiger partial charge >= 0.3 is 0 Å². The number of amides is 1. The zero-order valence-electron chi connectivity index (χ0n) is 11.9. The van der Waals surface area contributed by atoms with Crippen LogP contribution in [0.1, 0.15) is 18.4 Å². The van der Waals surface area contributed by atoms with Crippen molar-refractivity contribution >= 4 is 29.9 Å². The standard InChI is InChI=1S/C15H21ClN2O2.ClH/c16-13-5-3-12(4-6-13)7-8-18-15(19)11-17-10-14-2-1-9-20-14;/h3-6,14,17H,1-2,7-11H2,(H,18,19);1H. The molecule has 6 heteroatoms. The number of carbonyl (C=O) groups excluding carboxylic acids is 1. The van der Waals surface area contributed by atoms with Crippen LogP contribution in [0.5, 0.6) is 0 Å². The second kappa shape index (κ2) is 10.0. The highest BCUT2D eigenvalue weighted by molar-refractivity contribution is 6.30. The van der Waals surface area contributed by atoms with Crippen molar-refractivity contribution < 1.29 is 9.53 Å². The summed E-state index contributed by atoms with van der Waals surface area (Å²) in [6.45, 7) is 2.59. The first kappa shape index (κ1) is 18.2. The highest BCUT2D eigenvalue weighted by Gasteiger charge is 2.14. The zero-order valence-corrected chi connectivity index (χ0v) is 13.5. The van der Waals surface area contributed by atoms with Crippen LogP contribution in [0.4, 0.5) is 0 Å². The molecule has 2 N–H and O–H groups in total. The molecule has 21 heavy (non-hydrogen) atoms. The minimum atomic E-state index is 0. The third-order valence-corrected chi connectivity index (χ3v) is 3.58. The van der Waals surface area contributed by atoms with Gasteiger partial charge in [-0.25, -0.2) is 0 Å². The van der Waals surface area contributed by atoms with Gasteiger partial charge in [0.05, 0.1) is 12.6 Å². The van der Waals surface area contributed by atoms with Gasteiger partial charge in [0.1, 0.15) is 0 Å². The summed E-state index contributed by atoms with van der Waals surface area (Å²) in [6, 6.07) is 7.68. The van der Waals surface area contributed by atoms with E-state index in [1.165, 1.54) is 5.56 Å². The minimum Gasteiger partial charge on any atom is -0.377 e. The van der Waals surface area contributed by atoms with Crippen molar-refractivity contribution in [2.75, 3.05) is 26.2 Å². The van der Waals surface area contributed by atoms with Crippen LogP contribution in [0.2, 0.25) is 5.02 Å². The largest absolute Gasteiger partial charge is 0.377 e. The second-order valence-corrected chi connectivity index (χ2v) is 5.43. The normalized spacial score (nSPS) is 17.3. The van der Waals surface area contributed by atoms with E-state index in [0.29, 0.717) is 13.1 Å². The third kappa shape index (κ3) is 7.14. The molecular formula is C15H22Cl2N2O2. The molecule has 1 aromatic rings. The van der Waals surface area contributed by atoms with E-state index in [1.807, 2.05) is 24.3 Å². The van der Waals surface area contributed by atoms with Gasteiger partial charge in [0.15, 0.2) is 0 Å². The lowest BCUT2D eigenvalue weighted by Crippen LogP contribution is -2.37. The Morgan fingerprint density at radius 2 is 2.10 bits per heavy atom. The molecule has 2 rings (SSSR count). The molecule has 1 saturated heterocycles. The van der Waals surface area contributed by atoms with Crippen LogP contribution in [0, 0.1) is 0 Å². The van der Waals surface area contributed by atoms with E-state index >= 15 is 0 Å². The summed E-state index contributed by atoms with van der Waals surface area (Å²) in [4.78, 5) is 11.6. The Kier molecular flexibility index (Phi) is 8.69. The summed E-state index contributed by atoms with van der Waals surface area (Å²) in [5, 5.41) is 6.76. The lowest BCUT2D eigenvalue weighted by atomic mass is 10.1. The van der Waals surface area contributed by atoms with Crippen molar-refractivity contribution in [1.82, 2.24) is 10.6 Å². The number of nitrogens with one attached hydrogen (secondary N) is 2. The molecule has 1 aliphatic heterocycles. The molecule has 0 spiro atoms. The van der Waals surface area contributed by atoms with Gasteiger partial charge in [-0.1, -0.05) is 23.7 Å². The predicted octanol–water partition coefficient (Wildman–Crippen LogP) is 2.19. The molecule has 0 aromatic heterocycles. The number of carbonyl (C=O) groups is 1. The first-order valence-corrected chi connectivity index (χ1v) is 7.45. The van der Waals surface area contributed by atoms with Gasteiger partial charge < -0.3 is 15.4 Å². The van der Waals surface area contributed by atoms with E-state index in [2.05, 4.69) is 10.6 Å². The monoisotopic (exact) mass is 332 g/mol. The number of hydrogen-bond acceptors (Lipinski definition) is 3. The van der Waals surface area contributed by atoms with E-state index in [0.717, 1.165) is 37.4 Å². The smallest absolute Gasteiger partial charge is 0.233 e. The lowest BCUT2D eigenvalue weighted by Gasteiger charge is -2.10. The number of ether oxygens (including phenoxy) is 1. The van der Waals surface area contributed by atoms with Crippen molar-refractivity contribution in [3.8, 4) is 0 Å². The molecule has 0 aliphatic carbocycles. The maximum atomic E-state index is 11.6. The maximum Gasteiger partial charge on any atom is 0.233 e. The van der Waals surface area contributed by atoms with Crippen LogP contribution in [-0.4, -0.2) is 38.3 Å². The molecule has 0 bridgehead atoms. The summed E-state index contributed by atoms with van der Waals surface area (Å²) < 4.78 is 5.48. The van der Waals surface area contributed by atoms with E-state index in [-0.39, 0.29) is 24.4 Å². The number of halogens is 2.